The summed E-state index contributed by atoms with van der Waals surface area (Å²) in [6.45, 7) is 1.31. The van der Waals surface area contributed by atoms with Gasteiger partial charge in [-0.1, -0.05) is 30.3 Å². The van der Waals surface area contributed by atoms with E-state index in [1.165, 1.54) is 6.92 Å². The van der Waals surface area contributed by atoms with Crippen molar-refractivity contribution in [3.63, 3.8) is 0 Å². The normalized spacial score (nSPS) is 24.6. The minimum absolute atomic E-state index is 0.0246. The lowest BCUT2D eigenvalue weighted by atomic mass is 9.76. The Bertz CT molecular complexity index is 983. The molecule has 2 aromatic rings. The van der Waals surface area contributed by atoms with E-state index >= 15 is 0 Å². The predicted octanol–water partition coefficient (Wildman–Crippen LogP) is 4.26. The molecule has 2 aromatic carbocycles. The van der Waals surface area contributed by atoms with E-state index in [0.717, 1.165) is 5.56 Å². The third-order valence-electron chi connectivity index (χ3n) is 6.22. The second-order valence-corrected chi connectivity index (χ2v) is 8.61. The van der Waals surface area contributed by atoms with Gasteiger partial charge in [-0.3, -0.25) is 4.79 Å². The standard InChI is InChI=1S/C23H25F6N3O2/c1-14(15-9-17(22(24,25)26)11-18(10-15)23(27,28)29)34-13-21(16-5-3-2-4-6-16)8-7-20(31,12-32-21)19(30)33/h2-6,9-11,14,32H,7-8,12-13,31H2,1H3,(H2,30,33)/t14?,20-,21+/m0/s1. The minimum atomic E-state index is -4.95. The summed E-state index contributed by atoms with van der Waals surface area (Å²) in [6.07, 6.45) is -10.5. The van der Waals surface area contributed by atoms with E-state index in [2.05, 4.69) is 5.32 Å². The first-order valence-corrected chi connectivity index (χ1v) is 10.5. The molecule has 34 heavy (non-hydrogen) atoms. The average molecular weight is 489 g/mol. The minimum Gasteiger partial charge on any atom is -0.372 e. The topological polar surface area (TPSA) is 90.4 Å². The fourth-order valence-electron chi connectivity index (χ4n) is 3.94. The van der Waals surface area contributed by atoms with E-state index in [9.17, 15) is 31.1 Å². The SMILES string of the molecule is CC(OC[C@@]1(c2ccccc2)CC[C@@](N)(C(N)=O)CN1)c1cc(C(F)(F)F)cc(C(F)(F)F)c1. The van der Waals surface area contributed by atoms with Gasteiger partial charge in [-0.05, 0) is 49.1 Å². The zero-order chi connectivity index (χ0) is 25.4. The van der Waals surface area contributed by atoms with Crippen molar-refractivity contribution in [3.05, 3.63) is 70.8 Å². The lowest BCUT2D eigenvalue weighted by Crippen LogP contribution is -2.66. The Labute approximate surface area is 192 Å². The number of rotatable bonds is 6. The molecule has 3 rings (SSSR count). The molecule has 1 heterocycles. The van der Waals surface area contributed by atoms with Crippen LogP contribution in [0.3, 0.4) is 0 Å². The zero-order valence-electron chi connectivity index (χ0n) is 18.3. The Kier molecular flexibility index (Phi) is 7.03. The lowest BCUT2D eigenvalue weighted by molar-refractivity contribution is -0.143. The summed E-state index contributed by atoms with van der Waals surface area (Å²) in [7, 11) is 0. The largest absolute Gasteiger partial charge is 0.416 e. The number of benzene rings is 2. The Hall–Kier alpha value is -2.63. The maximum Gasteiger partial charge on any atom is 0.416 e. The van der Waals surface area contributed by atoms with E-state index < -0.39 is 46.6 Å². The third kappa shape index (κ3) is 5.53. The highest BCUT2D eigenvalue weighted by Gasteiger charge is 2.45. The monoisotopic (exact) mass is 489 g/mol. The van der Waals surface area contributed by atoms with E-state index in [-0.39, 0.29) is 31.2 Å². The highest BCUT2D eigenvalue weighted by molar-refractivity contribution is 5.84. The average Bonchev–Trinajstić information content (AvgIpc) is 2.78. The number of carbonyl (C=O) groups excluding carboxylic acids is 1. The number of hydrogen-bond donors (Lipinski definition) is 3. The summed E-state index contributed by atoms with van der Waals surface area (Å²) < 4.78 is 85.2. The van der Waals surface area contributed by atoms with Crippen molar-refractivity contribution in [3.8, 4) is 0 Å². The number of carbonyl (C=O) groups is 1. The summed E-state index contributed by atoms with van der Waals surface area (Å²) in [5, 5.41) is 3.19. The molecule has 0 spiro atoms. The molecule has 186 valence electrons. The van der Waals surface area contributed by atoms with Crippen LogP contribution in [0.15, 0.2) is 48.5 Å². The summed E-state index contributed by atoms with van der Waals surface area (Å²) in [5.41, 5.74) is 7.02. The molecule has 0 bridgehead atoms. The molecular weight excluding hydrogens is 464 g/mol. The number of nitrogens with two attached hydrogens (primary N) is 2. The smallest absolute Gasteiger partial charge is 0.372 e. The number of halogens is 6. The molecule has 1 unspecified atom stereocenters. The lowest BCUT2D eigenvalue weighted by Gasteiger charge is -2.45. The van der Waals surface area contributed by atoms with Gasteiger partial charge in [0.25, 0.3) is 0 Å². The van der Waals surface area contributed by atoms with Gasteiger partial charge in [0.1, 0.15) is 5.54 Å². The zero-order valence-corrected chi connectivity index (χ0v) is 18.3. The van der Waals surface area contributed by atoms with Gasteiger partial charge in [-0.25, -0.2) is 0 Å². The van der Waals surface area contributed by atoms with Gasteiger partial charge in [-0.15, -0.1) is 0 Å². The van der Waals surface area contributed by atoms with Crippen LogP contribution in [-0.4, -0.2) is 24.6 Å². The first-order chi connectivity index (χ1) is 15.7. The molecule has 0 radical (unpaired) electrons. The quantitative estimate of drug-likeness (QED) is 0.529. The van der Waals surface area contributed by atoms with Gasteiger partial charge in [0.05, 0.1) is 29.4 Å². The fraction of sp³-hybridized carbons (Fsp3) is 0.435. The highest BCUT2D eigenvalue weighted by Crippen LogP contribution is 2.39. The number of piperidine rings is 1. The van der Waals surface area contributed by atoms with E-state index in [4.69, 9.17) is 16.2 Å². The van der Waals surface area contributed by atoms with Crippen LogP contribution in [0.25, 0.3) is 0 Å². The second kappa shape index (κ2) is 9.20. The maximum absolute atomic E-state index is 13.2. The molecule has 5 nitrogen and oxygen atoms in total. The van der Waals surface area contributed by atoms with Gasteiger partial charge in [-0.2, -0.15) is 26.3 Å². The van der Waals surface area contributed by atoms with Gasteiger partial charge in [0.2, 0.25) is 5.91 Å². The molecule has 0 aliphatic carbocycles. The number of ether oxygens (including phenoxy) is 1. The van der Waals surface area contributed by atoms with Crippen LogP contribution in [0.4, 0.5) is 26.3 Å². The van der Waals surface area contributed by atoms with E-state index in [1.807, 2.05) is 0 Å². The number of hydrogen-bond acceptors (Lipinski definition) is 4. The summed E-state index contributed by atoms with van der Waals surface area (Å²) >= 11 is 0. The van der Waals surface area contributed by atoms with Crippen molar-refractivity contribution in [1.29, 1.82) is 0 Å². The van der Waals surface area contributed by atoms with E-state index in [0.29, 0.717) is 18.6 Å². The first kappa shape index (κ1) is 26.0. The summed E-state index contributed by atoms with van der Waals surface area (Å²) in [4.78, 5) is 11.7. The molecule has 1 saturated heterocycles. The van der Waals surface area contributed by atoms with Crippen molar-refractivity contribution in [2.75, 3.05) is 13.2 Å². The van der Waals surface area contributed by atoms with Crippen LogP contribution in [0.1, 0.15) is 48.1 Å². The van der Waals surface area contributed by atoms with Gasteiger partial charge in [0, 0.05) is 6.54 Å². The highest BCUT2D eigenvalue weighted by atomic mass is 19.4. The molecule has 1 aliphatic heterocycles. The number of primary amides is 1. The van der Waals surface area contributed by atoms with Crippen LogP contribution in [0.2, 0.25) is 0 Å². The van der Waals surface area contributed by atoms with Crippen molar-refractivity contribution in [1.82, 2.24) is 5.32 Å². The fourth-order valence-corrected chi connectivity index (χ4v) is 3.94. The summed E-state index contributed by atoms with van der Waals surface area (Å²) in [5.74, 6) is -0.681. The van der Waals surface area contributed by atoms with E-state index in [1.54, 1.807) is 30.3 Å². The van der Waals surface area contributed by atoms with Crippen LogP contribution in [0.5, 0.6) is 0 Å². The van der Waals surface area contributed by atoms with Crippen molar-refractivity contribution in [2.45, 2.75) is 49.3 Å². The van der Waals surface area contributed by atoms with Gasteiger partial charge in [0.15, 0.2) is 0 Å². The van der Waals surface area contributed by atoms with Crippen molar-refractivity contribution >= 4 is 5.91 Å². The summed E-state index contributed by atoms with van der Waals surface area (Å²) in [6, 6.07) is 10.4. The Morgan fingerprint density at radius 3 is 2.03 bits per heavy atom. The predicted molar refractivity (Wildman–Crippen MR) is 112 cm³/mol. The van der Waals surface area contributed by atoms with Crippen LogP contribution >= 0.6 is 0 Å². The van der Waals surface area contributed by atoms with Crippen LogP contribution < -0.4 is 16.8 Å². The number of amides is 1. The van der Waals surface area contributed by atoms with Gasteiger partial charge < -0.3 is 21.5 Å². The molecule has 5 N–H and O–H groups in total. The maximum atomic E-state index is 13.2. The van der Waals surface area contributed by atoms with Crippen molar-refractivity contribution in [2.24, 2.45) is 11.5 Å². The molecule has 1 aliphatic rings. The Balaban J connectivity index is 1.89. The molecular formula is C23H25F6N3O2. The van der Waals surface area contributed by atoms with Crippen LogP contribution in [-0.2, 0) is 27.4 Å². The molecule has 1 fully saturated rings. The second-order valence-electron chi connectivity index (χ2n) is 8.61. The number of alkyl halides is 6. The van der Waals surface area contributed by atoms with Crippen LogP contribution in [0, 0.1) is 0 Å². The molecule has 3 atom stereocenters. The third-order valence-corrected chi connectivity index (χ3v) is 6.22. The molecule has 0 saturated carbocycles. The van der Waals surface area contributed by atoms with Gasteiger partial charge >= 0.3 is 12.4 Å². The Morgan fingerprint density at radius 2 is 1.59 bits per heavy atom. The molecule has 11 heteroatoms. The molecule has 0 aromatic heterocycles. The first-order valence-electron chi connectivity index (χ1n) is 10.5. The Morgan fingerprint density at radius 1 is 1.03 bits per heavy atom. The van der Waals surface area contributed by atoms with Crippen molar-refractivity contribution < 1.29 is 35.9 Å². The number of nitrogens with one attached hydrogen (secondary N) is 1. The molecule has 1 amide bonds.